The number of ether oxygens (including phenoxy) is 2. The lowest BCUT2D eigenvalue weighted by atomic mass is 9.91. The van der Waals surface area contributed by atoms with Gasteiger partial charge in [0.25, 0.3) is 0 Å². The maximum atomic E-state index is 12.8. The van der Waals surface area contributed by atoms with E-state index in [0.717, 1.165) is 53.7 Å². The Labute approximate surface area is 301 Å². The largest absolute Gasteiger partial charge is 0.465 e. The number of hydrogen-bond donors (Lipinski definition) is 2. The Morgan fingerprint density at radius 2 is 0.833 bits per heavy atom. The number of Topliss-reactive ketones (excluding diaryl/α,β-unsaturated/α-hetero) is 2. The molecule has 10 heteroatoms. The predicted molar refractivity (Wildman–Crippen MR) is 204 cm³/mol. The Bertz CT molecular complexity index is 830. The van der Waals surface area contributed by atoms with Crippen LogP contribution in [0.25, 0.3) is 0 Å². The number of carbonyl (C=O) groups excluding carboxylic acids is 4. The van der Waals surface area contributed by atoms with Gasteiger partial charge in [-0.1, -0.05) is 177 Å². The highest BCUT2D eigenvalue weighted by Gasteiger charge is 2.51. The zero-order valence-corrected chi connectivity index (χ0v) is 32.8. The summed E-state index contributed by atoms with van der Waals surface area (Å²) in [6.45, 7) is 7.49. The molecule has 0 fully saturated rings. The van der Waals surface area contributed by atoms with Gasteiger partial charge in [-0.2, -0.15) is 0 Å². The normalized spacial score (nSPS) is 12.9. The monoisotopic (exact) mass is 716 g/mol. The smallest absolute Gasteiger partial charge is 0.325 e. The van der Waals surface area contributed by atoms with Gasteiger partial charge in [-0.05, 0) is 26.7 Å². The summed E-state index contributed by atoms with van der Waals surface area (Å²) in [6.07, 6.45) is 29.1. The quantitative estimate of drug-likeness (QED) is 0.0282. The topological polar surface area (TPSA) is 139 Å². The highest BCUT2D eigenvalue weighted by atomic mass is 33.1. The molecule has 48 heavy (non-hydrogen) atoms. The molecule has 0 saturated carbocycles. The van der Waals surface area contributed by atoms with Crippen LogP contribution in [0.2, 0.25) is 0 Å². The highest BCUT2D eigenvalue weighted by Crippen LogP contribution is 2.40. The zero-order valence-electron chi connectivity index (χ0n) is 31.2. The Morgan fingerprint density at radius 3 is 1.17 bits per heavy atom. The lowest BCUT2D eigenvalue weighted by Gasteiger charge is -2.31. The number of unbranched alkanes of at least 4 members (excludes halogenated alkanes) is 22. The van der Waals surface area contributed by atoms with E-state index in [-0.39, 0.29) is 12.4 Å². The molecule has 0 bridgehead atoms. The molecular formula is C38H72N2O6S2. The van der Waals surface area contributed by atoms with Crippen molar-refractivity contribution in [1.29, 1.82) is 0 Å². The van der Waals surface area contributed by atoms with E-state index in [2.05, 4.69) is 13.8 Å². The number of carbonyl (C=O) groups is 4. The molecule has 0 spiro atoms. The van der Waals surface area contributed by atoms with Crippen LogP contribution in [0.1, 0.15) is 182 Å². The van der Waals surface area contributed by atoms with Crippen LogP contribution in [0.4, 0.5) is 0 Å². The Hall–Kier alpha value is -1.10. The van der Waals surface area contributed by atoms with E-state index in [9.17, 15) is 19.2 Å². The Kier molecular flexibility index (Phi) is 31.1. The van der Waals surface area contributed by atoms with Crippen molar-refractivity contribution in [2.45, 2.75) is 199 Å². The molecule has 0 aliphatic carbocycles. The van der Waals surface area contributed by atoms with E-state index in [4.69, 9.17) is 20.9 Å². The first-order valence-electron chi connectivity index (χ1n) is 19.3. The molecule has 0 aliphatic rings. The van der Waals surface area contributed by atoms with Gasteiger partial charge in [0.05, 0.1) is 13.2 Å². The second-order valence-corrected chi connectivity index (χ2v) is 16.0. The third kappa shape index (κ3) is 22.6. The van der Waals surface area contributed by atoms with Gasteiger partial charge >= 0.3 is 11.9 Å². The summed E-state index contributed by atoms with van der Waals surface area (Å²) in [4.78, 5) is 50.7. The van der Waals surface area contributed by atoms with Crippen LogP contribution in [0.5, 0.6) is 0 Å². The first-order chi connectivity index (χ1) is 23.1. The third-order valence-electron chi connectivity index (χ3n) is 8.96. The predicted octanol–water partition coefficient (Wildman–Crippen LogP) is 9.43. The summed E-state index contributed by atoms with van der Waals surface area (Å²) in [6, 6.07) is -2.39. The molecular weight excluding hydrogens is 645 g/mol. The van der Waals surface area contributed by atoms with Crippen molar-refractivity contribution < 1.29 is 28.7 Å². The second-order valence-electron chi connectivity index (χ2n) is 13.4. The fraction of sp³-hybridized carbons (Fsp3) is 0.895. The van der Waals surface area contributed by atoms with Gasteiger partial charge in [0.15, 0.2) is 16.3 Å². The minimum Gasteiger partial charge on any atom is -0.465 e. The van der Waals surface area contributed by atoms with E-state index >= 15 is 0 Å². The third-order valence-corrected chi connectivity index (χ3v) is 12.2. The SMILES string of the molecule is CCCCCCCCCCCCCCOC(=O)[C@@H](N)C(SSC[C@H](N)C(=O)OCCCCCCCCCCCCCC)(C(C)=O)C(C)=O. The fourth-order valence-corrected chi connectivity index (χ4v) is 8.91. The number of hydrogen-bond acceptors (Lipinski definition) is 10. The summed E-state index contributed by atoms with van der Waals surface area (Å²) >= 11 is 0. The minimum absolute atomic E-state index is 0.102. The lowest BCUT2D eigenvalue weighted by molar-refractivity contribution is -0.149. The van der Waals surface area contributed by atoms with Crippen molar-refractivity contribution >= 4 is 45.1 Å². The first kappa shape index (κ1) is 46.9. The summed E-state index contributed by atoms with van der Waals surface area (Å²) in [5.41, 5.74) is 12.3. The van der Waals surface area contributed by atoms with Crippen LogP contribution in [0.3, 0.4) is 0 Å². The van der Waals surface area contributed by atoms with Gasteiger partial charge in [0.2, 0.25) is 0 Å². The number of ketones is 2. The molecule has 282 valence electrons. The van der Waals surface area contributed by atoms with Gasteiger partial charge in [-0.15, -0.1) is 0 Å². The van der Waals surface area contributed by atoms with Crippen LogP contribution < -0.4 is 11.5 Å². The van der Waals surface area contributed by atoms with Crippen LogP contribution in [-0.2, 0) is 28.7 Å². The van der Waals surface area contributed by atoms with Gasteiger partial charge in [-0.3, -0.25) is 19.2 Å². The molecule has 0 aromatic rings. The molecule has 0 rings (SSSR count). The van der Waals surface area contributed by atoms with Crippen LogP contribution in [-0.4, -0.2) is 59.3 Å². The van der Waals surface area contributed by atoms with E-state index in [1.807, 2.05) is 0 Å². The molecule has 0 saturated heterocycles. The number of esters is 2. The number of nitrogens with two attached hydrogens (primary N) is 2. The van der Waals surface area contributed by atoms with Crippen molar-refractivity contribution in [2.24, 2.45) is 11.5 Å². The van der Waals surface area contributed by atoms with E-state index in [1.165, 1.54) is 129 Å². The summed E-state index contributed by atoms with van der Waals surface area (Å²) < 4.78 is 8.92. The van der Waals surface area contributed by atoms with E-state index < -0.39 is 40.3 Å². The molecule has 2 atom stereocenters. The van der Waals surface area contributed by atoms with Gasteiger partial charge < -0.3 is 20.9 Å². The average Bonchev–Trinajstić information content (AvgIpc) is 3.06. The molecule has 0 radical (unpaired) electrons. The Balaban J connectivity index is 4.29. The summed E-state index contributed by atoms with van der Waals surface area (Å²) in [5, 5.41) is 0. The molecule has 4 N–H and O–H groups in total. The zero-order chi connectivity index (χ0) is 35.9. The molecule has 0 aromatic heterocycles. The maximum Gasteiger partial charge on any atom is 0.325 e. The van der Waals surface area contributed by atoms with Crippen molar-refractivity contribution in [3.05, 3.63) is 0 Å². The van der Waals surface area contributed by atoms with Crippen molar-refractivity contribution in [3.63, 3.8) is 0 Å². The van der Waals surface area contributed by atoms with Crippen LogP contribution in [0.15, 0.2) is 0 Å². The molecule has 0 amide bonds. The van der Waals surface area contributed by atoms with Crippen molar-refractivity contribution in [3.8, 4) is 0 Å². The molecule has 0 aromatic carbocycles. The maximum absolute atomic E-state index is 12.8. The lowest BCUT2D eigenvalue weighted by Crippen LogP contribution is -2.59. The molecule has 0 aliphatic heterocycles. The first-order valence-corrected chi connectivity index (χ1v) is 21.6. The number of rotatable bonds is 35. The highest BCUT2D eigenvalue weighted by molar-refractivity contribution is 8.77. The second kappa shape index (κ2) is 31.9. The van der Waals surface area contributed by atoms with Crippen LogP contribution >= 0.6 is 21.6 Å². The molecule has 0 unspecified atom stereocenters. The van der Waals surface area contributed by atoms with Crippen LogP contribution in [0, 0.1) is 0 Å². The summed E-state index contributed by atoms with van der Waals surface area (Å²) in [7, 11) is 1.95. The van der Waals surface area contributed by atoms with E-state index in [1.54, 1.807) is 0 Å². The van der Waals surface area contributed by atoms with Crippen molar-refractivity contribution in [2.75, 3.05) is 19.0 Å². The molecule has 0 heterocycles. The average molecular weight is 717 g/mol. The molecule has 8 nitrogen and oxygen atoms in total. The Morgan fingerprint density at radius 1 is 0.521 bits per heavy atom. The van der Waals surface area contributed by atoms with Crippen molar-refractivity contribution in [1.82, 2.24) is 0 Å². The van der Waals surface area contributed by atoms with Gasteiger partial charge in [0, 0.05) is 5.75 Å². The van der Waals surface area contributed by atoms with Gasteiger partial charge in [-0.25, -0.2) is 0 Å². The standard InChI is InChI=1S/C38H72N2O6S2/c1-5-7-9-11-13-15-17-19-21-23-25-27-29-45-36(43)34(39)31-47-48-38(32(3)41,33(4)42)35(40)37(44)46-30-28-26-24-22-20-18-16-14-12-10-8-6-2/h34-35H,5-31,39-40H2,1-4H3/t34-,35+/m0/s1. The minimum atomic E-state index is -1.82. The summed E-state index contributed by atoms with van der Waals surface area (Å²) in [5.74, 6) is -2.27. The fourth-order valence-electron chi connectivity index (χ4n) is 5.72. The van der Waals surface area contributed by atoms with Gasteiger partial charge in [0.1, 0.15) is 12.1 Å². The van der Waals surface area contributed by atoms with E-state index in [0.29, 0.717) is 13.0 Å².